The highest BCUT2D eigenvalue weighted by Crippen LogP contribution is 2.22. The highest BCUT2D eigenvalue weighted by Gasteiger charge is 2.21. The number of rotatable bonds is 10. The van der Waals surface area contributed by atoms with Crippen LogP contribution in [-0.2, 0) is 14.8 Å². The molecule has 2 amide bonds. The van der Waals surface area contributed by atoms with Crippen LogP contribution in [-0.4, -0.2) is 46.2 Å². The van der Waals surface area contributed by atoms with E-state index in [0.29, 0.717) is 35.7 Å². The van der Waals surface area contributed by atoms with Crippen LogP contribution in [0.3, 0.4) is 0 Å². The lowest BCUT2D eigenvalue weighted by atomic mass is 10.1. The standard InChI is InChI=1S/C22H29N3O5S/c1-5-15-23-21(26)18-9-7-8-10-19(18)24-22(27)20(6-2)30-17-13-11-16(12-14-17)25(3)31(4,28)29/h7-14,20H,5-6,15H2,1-4H3,(H,23,26)(H,24,27)/t20-/m1/s1. The first-order valence-corrected chi connectivity index (χ1v) is 11.9. The number of hydrogen-bond acceptors (Lipinski definition) is 5. The van der Waals surface area contributed by atoms with Crippen molar-refractivity contribution in [3.05, 3.63) is 54.1 Å². The number of anilines is 2. The van der Waals surface area contributed by atoms with Crippen LogP contribution in [0.1, 0.15) is 37.0 Å². The number of benzene rings is 2. The minimum atomic E-state index is -3.37. The zero-order valence-electron chi connectivity index (χ0n) is 18.2. The van der Waals surface area contributed by atoms with Gasteiger partial charge in [0.15, 0.2) is 6.10 Å². The Kier molecular flexibility index (Phi) is 8.44. The molecule has 0 spiro atoms. The molecule has 9 heteroatoms. The topological polar surface area (TPSA) is 105 Å². The fourth-order valence-corrected chi connectivity index (χ4v) is 3.25. The molecule has 2 N–H and O–H groups in total. The van der Waals surface area contributed by atoms with Crippen molar-refractivity contribution < 1.29 is 22.7 Å². The molecule has 2 aromatic carbocycles. The Hall–Kier alpha value is -3.07. The quantitative estimate of drug-likeness (QED) is 0.583. The van der Waals surface area contributed by atoms with Crippen LogP contribution in [0, 0.1) is 0 Å². The summed E-state index contributed by atoms with van der Waals surface area (Å²) in [5.41, 5.74) is 1.28. The van der Waals surface area contributed by atoms with Gasteiger partial charge >= 0.3 is 0 Å². The molecule has 0 aliphatic carbocycles. The molecule has 0 bridgehead atoms. The van der Waals surface area contributed by atoms with Crippen LogP contribution in [0.2, 0.25) is 0 Å². The number of carbonyl (C=O) groups excluding carboxylic acids is 2. The monoisotopic (exact) mass is 447 g/mol. The second kappa shape index (κ2) is 10.8. The molecule has 0 aliphatic rings. The van der Waals surface area contributed by atoms with Crippen molar-refractivity contribution >= 4 is 33.2 Å². The number of amides is 2. The summed E-state index contributed by atoms with van der Waals surface area (Å²) in [6.45, 7) is 4.32. The molecule has 0 aliphatic heterocycles. The third kappa shape index (κ3) is 6.71. The van der Waals surface area contributed by atoms with Crippen LogP contribution in [0.25, 0.3) is 0 Å². The number of nitrogens with one attached hydrogen (secondary N) is 2. The molecule has 0 aromatic heterocycles. The Bertz CT molecular complexity index is 1010. The maximum absolute atomic E-state index is 12.8. The molecular weight excluding hydrogens is 418 g/mol. The molecule has 0 heterocycles. The van der Waals surface area contributed by atoms with Gasteiger partial charge in [0.1, 0.15) is 5.75 Å². The van der Waals surface area contributed by atoms with Crippen LogP contribution in [0.4, 0.5) is 11.4 Å². The van der Waals surface area contributed by atoms with Gasteiger partial charge in [0.2, 0.25) is 10.0 Å². The van der Waals surface area contributed by atoms with Gasteiger partial charge in [0.05, 0.1) is 23.2 Å². The van der Waals surface area contributed by atoms with Crippen LogP contribution < -0.4 is 19.7 Å². The summed E-state index contributed by atoms with van der Waals surface area (Å²) in [4.78, 5) is 25.1. The molecule has 0 radical (unpaired) electrons. The second-order valence-electron chi connectivity index (χ2n) is 7.03. The number of hydrogen-bond donors (Lipinski definition) is 2. The third-order valence-corrected chi connectivity index (χ3v) is 5.81. The average Bonchev–Trinajstić information content (AvgIpc) is 2.75. The van der Waals surface area contributed by atoms with Crippen molar-refractivity contribution in [2.45, 2.75) is 32.8 Å². The maximum atomic E-state index is 12.8. The summed E-state index contributed by atoms with van der Waals surface area (Å²) in [5.74, 6) is -0.200. The summed E-state index contributed by atoms with van der Waals surface area (Å²) >= 11 is 0. The van der Waals surface area contributed by atoms with Crippen molar-refractivity contribution in [2.24, 2.45) is 0 Å². The predicted molar refractivity (Wildman–Crippen MR) is 122 cm³/mol. The van der Waals surface area contributed by atoms with E-state index in [-0.39, 0.29) is 11.8 Å². The Morgan fingerprint density at radius 1 is 1.06 bits per heavy atom. The minimum absolute atomic E-state index is 0.252. The zero-order chi connectivity index (χ0) is 23.0. The largest absolute Gasteiger partial charge is 0.481 e. The van der Waals surface area contributed by atoms with Crippen molar-refractivity contribution in [1.82, 2.24) is 5.32 Å². The molecule has 2 aromatic rings. The van der Waals surface area contributed by atoms with Gasteiger partial charge in [-0.15, -0.1) is 0 Å². The van der Waals surface area contributed by atoms with Gasteiger partial charge < -0.3 is 15.4 Å². The smallest absolute Gasteiger partial charge is 0.265 e. The van der Waals surface area contributed by atoms with E-state index in [9.17, 15) is 18.0 Å². The first-order chi connectivity index (χ1) is 14.7. The van der Waals surface area contributed by atoms with Gasteiger partial charge in [-0.1, -0.05) is 26.0 Å². The first-order valence-electron chi connectivity index (χ1n) is 10.1. The summed E-state index contributed by atoms with van der Waals surface area (Å²) in [6.07, 6.45) is 1.55. The average molecular weight is 448 g/mol. The van der Waals surface area contributed by atoms with E-state index in [1.54, 1.807) is 48.5 Å². The molecule has 168 valence electrons. The minimum Gasteiger partial charge on any atom is -0.481 e. The van der Waals surface area contributed by atoms with Gasteiger partial charge in [-0.25, -0.2) is 8.42 Å². The van der Waals surface area contributed by atoms with E-state index in [2.05, 4.69) is 10.6 Å². The zero-order valence-corrected chi connectivity index (χ0v) is 19.0. The highest BCUT2D eigenvalue weighted by molar-refractivity contribution is 7.92. The van der Waals surface area contributed by atoms with E-state index in [0.717, 1.165) is 17.0 Å². The van der Waals surface area contributed by atoms with Crippen molar-refractivity contribution in [2.75, 3.05) is 29.5 Å². The molecule has 8 nitrogen and oxygen atoms in total. The van der Waals surface area contributed by atoms with E-state index in [4.69, 9.17) is 4.74 Å². The SMILES string of the molecule is CCCNC(=O)c1ccccc1NC(=O)[C@@H](CC)Oc1ccc(N(C)S(C)(=O)=O)cc1. The lowest BCUT2D eigenvalue weighted by molar-refractivity contribution is -0.122. The van der Waals surface area contributed by atoms with Crippen molar-refractivity contribution in [1.29, 1.82) is 0 Å². The summed E-state index contributed by atoms with van der Waals surface area (Å²) in [6, 6.07) is 13.2. The third-order valence-electron chi connectivity index (χ3n) is 4.60. The van der Waals surface area contributed by atoms with Gasteiger partial charge in [-0.05, 0) is 49.2 Å². The number of nitrogens with zero attached hydrogens (tertiary/aromatic N) is 1. The van der Waals surface area contributed by atoms with Gasteiger partial charge in [-0.2, -0.15) is 0 Å². The van der Waals surface area contributed by atoms with Crippen LogP contribution in [0.15, 0.2) is 48.5 Å². The molecule has 0 unspecified atom stereocenters. The lowest BCUT2D eigenvalue weighted by Gasteiger charge is -2.20. The normalized spacial score (nSPS) is 12.0. The van der Waals surface area contributed by atoms with E-state index >= 15 is 0 Å². The Labute approximate surface area is 183 Å². The molecule has 1 atom stereocenters. The number of carbonyl (C=O) groups is 2. The van der Waals surface area contributed by atoms with Crippen molar-refractivity contribution in [3.63, 3.8) is 0 Å². The van der Waals surface area contributed by atoms with Crippen LogP contribution >= 0.6 is 0 Å². The molecule has 0 saturated carbocycles. The van der Waals surface area contributed by atoms with E-state index in [1.807, 2.05) is 13.8 Å². The van der Waals surface area contributed by atoms with E-state index in [1.165, 1.54) is 7.05 Å². The second-order valence-corrected chi connectivity index (χ2v) is 9.04. The molecule has 0 saturated heterocycles. The highest BCUT2D eigenvalue weighted by atomic mass is 32.2. The maximum Gasteiger partial charge on any atom is 0.265 e. The van der Waals surface area contributed by atoms with Gasteiger partial charge in [0, 0.05) is 13.6 Å². The van der Waals surface area contributed by atoms with Crippen LogP contribution in [0.5, 0.6) is 5.75 Å². The molecule has 0 fully saturated rings. The summed E-state index contributed by atoms with van der Waals surface area (Å²) < 4.78 is 30.3. The number of para-hydroxylation sites is 1. The Morgan fingerprint density at radius 2 is 1.71 bits per heavy atom. The summed E-state index contributed by atoms with van der Waals surface area (Å²) in [7, 11) is -1.91. The van der Waals surface area contributed by atoms with Gasteiger partial charge in [-0.3, -0.25) is 13.9 Å². The van der Waals surface area contributed by atoms with Crippen molar-refractivity contribution in [3.8, 4) is 5.75 Å². The molecular formula is C22H29N3O5S. The number of ether oxygens (including phenoxy) is 1. The molecule has 31 heavy (non-hydrogen) atoms. The fourth-order valence-electron chi connectivity index (χ4n) is 2.75. The Morgan fingerprint density at radius 3 is 2.29 bits per heavy atom. The van der Waals surface area contributed by atoms with E-state index < -0.39 is 16.1 Å². The predicted octanol–water partition coefficient (Wildman–Crippen LogP) is 3.02. The lowest BCUT2D eigenvalue weighted by Crippen LogP contribution is -2.33. The van der Waals surface area contributed by atoms with Gasteiger partial charge in [0.25, 0.3) is 11.8 Å². The number of sulfonamides is 1. The Balaban J connectivity index is 2.11. The molecule has 2 rings (SSSR count). The summed E-state index contributed by atoms with van der Waals surface area (Å²) in [5, 5.41) is 5.58. The fraction of sp³-hybridized carbons (Fsp3) is 0.364. The first kappa shape index (κ1) is 24.2.